The first-order chi connectivity index (χ1) is 17.8. The summed E-state index contributed by atoms with van der Waals surface area (Å²) in [6.07, 6.45) is 4.92. The monoisotopic (exact) mass is 539 g/mol. The number of carbonyl (C=O) groups excluding carboxylic acids is 2. The molecule has 0 aliphatic heterocycles. The van der Waals surface area contributed by atoms with Gasteiger partial charge in [0, 0.05) is 21.5 Å². The van der Waals surface area contributed by atoms with Crippen LogP contribution in [0.4, 0.5) is 15.2 Å². The van der Waals surface area contributed by atoms with Crippen LogP contribution in [0.3, 0.4) is 0 Å². The lowest BCUT2D eigenvalue weighted by atomic mass is 9.82. The number of amides is 2. The second kappa shape index (κ2) is 12.2. The molecule has 1 aliphatic carbocycles. The largest absolute Gasteiger partial charge is 0.481 e. The van der Waals surface area contributed by atoms with Gasteiger partial charge in [-0.05, 0) is 61.7 Å². The molecular weight excluding hydrogens is 513 g/mol. The van der Waals surface area contributed by atoms with Gasteiger partial charge in [-0.25, -0.2) is 9.37 Å². The van der Waals surface area contributed by atoms with Crippen LogP contribution in [0.1, 0.15) is 26.2 Å². The zero-order valence-corrected chi connectivity index (χ0v) is 21.7. The first-order valence-corrected chi connectivity index (χ1v) is 13.6. The summed E-state index contributed by atoms with van der Waals surface area (Å²) in [6.45, 7) is 1.91. The molecule has 37 heavy (non-hydrogen) atoms. The SMILES string of the molecule is CCC(Sc1cccc(NC(=O)C2CC=CCC2C(=O)O)c1)C(=O)Nc1nc(-c2ccc(F)cc2)cs1. The van der Waals surface area contributed by atoms with E-state index in [-0.39, 0.29) is 17.6 Å². The number of thioether (sulfide) groups is 1. The molecule has 0 saturated carbocycles. The third kappa shape index (κ3) is 6.84. The van der Waals surface area contributed by atoms with Crippen LogP contribution in [0.15, 0.2) is 71.0 Å². The van der Waals surface area contributed by atoms with Crippen molar-refractivity contribution in [2.24, 2.45) is 11.8 Å². The fourth-order valence-electron chi connectivity index (χ4n) is 4.02. The number of benzene rings is 2. The molecule has 2 aromatic carbocycles. The van der Waals surface area contributed by atoms with E-state index in [1.807, 2.05) is 19.1 Å². The number of aliphatic carboxylic acids is 1. The van der Waals surface area contributed by atoms with Crippen LogP contribution < -0.4 is 10.6 Å². The number of carbonyl (C=O) groups is 3. The molecule has 0 fully saturated rings. The van der Waals surface area contributed by atoms with Crippen molar-refractivity contribution in [1.29, 1.82) is 0 Å². The summed E-state index contributed by atoms with van der Waals surface area (Å²) in [5, 5.41) is 17.0. The molecule has 1 heterocycles. The number of nitrogens with one attached hydrogen (secondary N) is 2. The minimum atomic E-state index is -0.976. The van der Waals surface area contributed by atoms with Crippen molar-refractivity contribution in [3.63, 3.8) is 0 Å². The van der Waals surface area contributed by atoms with E-state index in [9.17, 15) is 23.9 Å². The minimum absolute atomic E-state index is 0.194. The Morgan fingerprint density at radius 3 is 2.54 bits per heavy atom. The molecular formula is C27H26FN3O4S2. The third-order valence-corrected chi connectivity index (χ3v) is 8.12. The van der Waals surface area contributed by atoms with Crippen LogP contribution >= 0.6 is 23.1 Å². The van der Waals surface area contributed by atoms with Crippen LogP contribution in [0.25, 0.3) is 11.3 Å². The Morgan fingerprint density at radius 1 is 1.11 bits per heavy atom. The summed E-state index contributed by atoms with van der Waals surface area (Å²) in [5.74, 6) is -3.20. The molecule has 4 rings (SSSR count). The van der Waals surface area contributed by atoms with Gasteiger partial charge in [-0.1, -0.05) is 25.1 Å². The standard InChI is InChI=1S/C27H26FN3O4S2/c1-2-23(25(33)31-27-30-22(15-36-27)16-10-12-17(28)13-11-16)37-19-7-5-6-18(14-19)29-24(32)20-8-3-4-9-21(20)26(34)35/h3-7,10-15,20-21,23H,2,8-9H2,1H3,(H,29,32)(H,34,35)(H,30,31,33). The minimum Gasteiger partial charge on any atom is -0.481 e. The second-order valence-electron chi connectivity index (χ2n) is 8.56. The normalized spacial score (nSPS) is 17.7. The molecule has 0 radical (unpaired) electrons. The molecule has 7 nitrogen and oxygen atoms in total. The van der Waals surface area contributed by atoms with Gasteiger partial charge in [-0.3, -0.25) is 14.4 Å². The van der Waals surface area contributed by atoms with Gasteiger partial charge in [0.1, 0.15) is 5.82 Å². The molecule has 0 bridgehead atoms. The number of aromatic nitrogens is 1. The Bertz CT molecular complexity index is 1310. The van der Waals surface area contributed by atoms with Crippen LogP contribution in [-0.2, 0) is 14.4 Å². The zero-order chi connectivity index (χ0) is 26.4. The Hall–Kier alpha value is -3.50. The Kier molecular flexibility index (Phi) is 8.73. The summed E-state index contributed by atoms with van der Waals surface area (Å²) in [5.41, 5.74) is 1.97. The van der Waals surface area contributed by atoms with Gasteiger partial charge in [-0.15, -0.1) is 23.1 Å². The molecule has 0 saturated heterocycles. The van der Waals surface area contributed by atoms with E-state index in [1.165, 1.54) is 35.2 Å². The average molecular weight is 540 g/mol. The van der Waals surface area contributed by atoms with Gasteiger partial charge in [-0.2, -0.15) is 0 Å². The summed E-state index contributed by atoms with van der Waals surface area (Å²) in [4.78, 5) is 42.5. The van der Waals surface area contributed by atoms with Gasteiger partial charge in [0.2, 0.25) is 11.8 Å². The molecule has 192 valence electrons. The van der Waals surface area contributed by atoms with Crippen molar-refractivity contribution in [3.05, 3.63) is 71.9 Å². The molecule has 3 aromatic rings. The number of allylic oxidation sites excluding steroid dienone is 2. The molecule has 1 aromatic heterocycles. The van der Waals surface area contributed by atoms with E-state index in [2.05, 4.69) is 15.6 Å². The maximum Gasteiger partial charge on any atom is 0.307 e. The third-order valence-electron chi connectivity index (χ3n) is 6.00. The molecule has 0 spiro atoms. The van der Waals surface area contributed by atoms with Crippen molar-refractivity contribution in [2.75, 3.05) is 10.6 Å². The van der Waals surface area contributed by atoms with Crippen molar-refractivity contribution >= 4 is 51.7 Å². The fraction of sp³-hybridized carbons (Fsp3) is 0.259. The Balaban J connectivity index is 1.38. The summed E-state index contributed by atoms with van der Waals surface area (Å²) >= 11 is 2.67. The number of rotatable bonds is 9. The highest BCUT2D eigenvalue weighted by Gasteiger charge is 2.34. The number of hydrogen-bond donors (Lipinski definition) is 3. The number of carboxylic acids is 1. The quantitative estimate of drug-likeness (QED) is 0.225. The van der Waals surface area contributed by atoms with E-state index in [1.54, 1.807) is 41.8 Å². The highest BCUT2D eigenvalue weighted by molar-refractivity contribution is 8.00. The van der Waals surface area contributed by atoms with Crippen molar-refractivity contribution in [3.8, 4) is 11.3 Å². The predicted octanol–water partition coefficient (Wildman–Crippen LogP) is 6.06. The van der Waals surface area contributed by atoms with E-state index < -0.39 is 23.1 Å². The first-order valence-electron chi connectivity index (χ1n) is 11.8. The van der Waals surface area contributed by atoms with E-state index in [0.717, 1.165) is 10.5 Å². The topological polar surface area (TPSA) is 108 Å². The number of thiazole rings is 1. The van der Waals surface area contributed by atoms with Gasteiger partial charge in [0.25, 0.3) is 0 Å². The highest BCUT2D eigenvalue weighted by atomic mass is 32.2. The molecule has 1 aliphatic rings. The van der Waals surface area contributed by atoms with Crippen LogP contribution in [-0.4, -0.2) is 33.1 Å². The summed E-state index contributed by atoms with van der Waals surface area (Å²) in [6, 6.07) is 13.2. The number of nitrogens with zero attached hydrogens (tertiary/aromatic N) is 1. The fourth-order valence-corrected chi connectivity index (χ4v) is 5.75. The van der Waals surface area contributed by atoms with Crippen molar-refractivity contribution < 1.29 is 23.9 Å². The maximum atomic E-state index is 13.2. The van der Waals surface area contributed by atoms with E-state index in [4.69, 9.17) is 0 Å². The molecule has 3 unspecified atom stereocenters. The smallest absolute Gasteiger partial charge is 0.307 e. The van der Waals surface area contributed by atoms with Gasteiger partial charge in [0.15, 0.2) is 5.13 Å². The highest BCUT2D eigenvalue weighted by Crippen LogP contribution is 2.31. The Labute approximate surface area is 222 Å². The van der Waals surface area contributed by atoms with Gasteiger partial charge < -0.3 is 15.7 Å². The first kappa shape index (κ1) is 26.6. The maximum absolute atomic E-state index is 13.2. The lowest BCUT2D eigenvalue weighted by molar-refractivity contribution is -0.146. The molecule has 2 amide bonds. The van der Waals surface area contributed by atoms with Crippen molar-refractivity contribution in [1.82, 2.24) is 4.98 Å². The lowest BCUT2D eigenvalue weighted by Crippen LogP contribution is -2.34. The number of anilines is 2. The number of hydrogen-bond acceptors (Lipinski definition) is 6. The lowest BCUT2D eigenvalue weighted by Gasteiger charge is -2.24. The van der Waals surface area contributed by atoms with E-state index in [0.29, 0.717) is 35.8 Å². The number of carboxylic acid groups (broad SMARTS) is 1. The Morgan fingerprint density at radius 2 is 1.84 bits per heavy atom. The van der Waals surface area contributed by atoms with Crippen molar-refractivity contribution in [2.45, 2.75) is 36.3 Å². The van der Waals surface area contributed by atoms with E-state index >= 15 is 0 Å². The van der Waals surface area contributed by atoms with Gasteiger partial charge >= 0.3 is 5.97 Å². The van der Waals surface area contributed by atoms with Crippen LogP contribution in [0.2, 0.25) is 0 Å². The van der Waals surface area contributed by atoms with Crippen LogP contribution in [0, 0.1) is 17.7 Å². The van der Waals surface area contributed by atoms with Gasteiger partial charge in [0.05, 0.1) is 22.8 Å². The molecule has 3 N–H and O–H groups in total. The van der Waals surface area contributed by atoms with Crippen LogP contribution in [0.5, 0.6) is 0 Å². The summed E-state index contributed by atoms with van der Waals surface area (Å²) in [7, 11) is 0. The summed E-state index contributed by atoms with van der Waals surface area (Å²) < 4.78 is 13.2. The molecule has 3 atom stereocenters. The second-order valence-corrected chi connectivity index (χ2v) is 10.7. The number of halogens is 1. The molecule has 10 heteroatoms. The predicted molar refractivity (Wildman–Crippen MR) is 144 cm³/mol. The average Bonchev–Trinajstić information content (AvgIpc) is 3.36. The zero-order valence-electron chi connectivity index (χ0n) is 20.0.